The number of carbonyl (C=O) groups is 2. The molecule has 0 bridgehead atoms. The van der Waals surface area contributed by atoms with Gasteiger partial charge in [0.1, 0.15) is 6.54 Å². The first kappa shape index (κ1) is 14.6. The number of carboxylic acids is 2. The first-order valence-electron chi connectivity index (χ1n) is 5.28. The number of benzene rings is 1. The van der Waals surface area contributed by atoms with Gasteiger partial charge in [-0.3, -0.25) is 14.9 Å². The molecule has 0 amide bonds. The van der Waals surface area contributed by atoms with Crippen molar-refractivity contribution in [3.63, 3.8) is 0 Å². The summed E-state index contributed by atoms with van der Waals surface area (Å²) >= 11 is 0. The molecule has 19 heavy (non-hydrogen) atoms. The van der Waals surface area contributed by atoms with E-state index in [9.17, 15) is 19.7 Å². The first-order valence-corrected chi connectivity index (χ1v) is 5.28. The van der Waals surface area contributed by atoms with Gasteiger partial charge in [0, 0.05) is 6.54 Å². The smallest absolute Gasteiger partial charge is 0.396 e. The minimum Gasteiger partial charge on any atom is -0.480 e. The van der Waals surface area contributed by atoms with Crippen LogP contribution in [0, 0.1) is 10.1 Å². The third-order valence-corrected chi connectivity index (χ3v) is 2.33. The van der Waals surface area contributed by atoms with Crippen molar-refractivity contribution in [1.82, 2.24) is 4.90 Å². The Balaban J connectivity index is 2.96. The zero-order chi connectivity index (χ0) is 14.4. The SMILES string of the molecule is O=C(O)CN(Cc1ccccc1)C(C(=O)O)[N+](=O)[O-]. The predicted octanol–water partition coefficient (Wildman–Crippen LogP) is 0.261. The van der Waals surface area contributed by atoms with Crippen LogP contribution in [0.15, 0.2) is 30.3 Å². The van der Waals surface area contributed by atoms with Crippen LogP contribution in [0.1, 0.15) is 5.56 Å². The van der Waals surface area contributed by atoms with Crippen LogP contribution < -0.4 is 0 Å². The Morgan fingerprint density at radius 3 is 2.26 bits per heavy atom. The lowest BCUT2D eigenvalue weighted by Crippen LogP contribution is -2.48. The maximum absolute atomic E-state index is 10.9. The van der Waals surface area contributed by atoms with E-state index in [1.54, 1.807) is 30.3 Å². The second-order valence-electron chi connectivity index (χ2n) is 3.78. The lowest BCUT2D eigenvalue weighted by Gasteiger charge is -2.20. The molecule has 8 nitrogen and oxygen atoms in total. The van der Waals surface area contributed by atoms with Crippen molar-refractivity contribution in [3.8, 4) is 0 Å². The highest BCUT2D eigenvalue weighted by Gasteiger charge is 2.37. The fourth-order valence-electron chi connectivity index (χ4n) is 1.60. The molecule has 0 aromatic heterocycles. The van der Waals surface area contributed by atoms with Crippen LogP contribution in [-0.4, -0.2) is 44.7 Å². The zero-order valence-electron chi connectivity index (χ0n) is 9.80. The maximum Gasteiger partial charge on any atom is 0.396 e. The van der Waals surface area contributed by atoms with E-state index < -0.39 is 29.6 Å². The molecule has 0 radical (unpaired) electrons. The average molecular weight is 268 g/mol. The van der Waals surface area contributed by atoms with E-state index >= 15 is 0 Å². The number of hydrogen-bond acceptors (Lipinski definition) is 5. The summed E-state index contributed by atoms with van der Waals surface area (Å²) in [5, 5.41) is 28.3. The Hall–Kier alpha value is -2.48. The minimum absolute atomic E-state index is 0.134. The van der Waals surface area contributed by atoms with Crippen LogP contribution >= 0.6 is 0 Å². The van der Waals surface area contributed by atoms with Crippen LogP contribution in [0.25, 0.3) is 0 Å². The molecule has 1 rings (SSSR count). The molecule has 0 aliphatic rings. The number of hydrogen-bond donors (Lipinski definition) is 2. The standard InChI is InChI=1S/C11H12N2O6/c14-9(15)7-12(10(11(16)17)13(18)19)6-8-4-2-1-3-5-8/h1-5,10H,6-7H2,(H,14,15)(H,16,17). The third-order valence-electron chi connectivity index (χ3n) is 2.33. The fraction of sp³-hybridized carbons (Fsp3) is 0.273. The summed E-state index contributed by atoms with van der Waals surface area (Å²) in [5.41, 5.74) is 0.594. The first-order chi connectivity index (χ1) is 8.91. The topological polar surface area (TPSA) is 121 Å². The molecule has 0 saturated carbocycles. The largest absolute Gasteiger partial charge is 0.480 e. The normalized spacial score (nSPS) is 12.1. The second kappa shape index (κ2) is 6.45. The molecule has 0 spiro atoms. The number of aliphatic carboxylic acids is 2. The second-order valence-corrected chi connectivity index (χ2v) is 3.78. The molecule has 8 heteroatoms. The van der Waals surface area contributed by atoms with Crippen molar-refractivity contribution in [3.05, 3.63) is 46.0 Å². The van der Waals surface area contributed by atoms with Crippen LogP contribution in [0.3, 0.4) is 0 Å². The Morgan fingerprint density at radius 1 is 1.26 bits per heavy atom. The molecule has 1 atom stereocenters. The monoisotopic (exact) mass is 268 g/mol. The fourth-order valence-corrected chi connectivity index (χ4v) is 1.60. The van der Waals surface area contributed by atoms with Crippen LogP contribution in [0.5, 0.6) is 0 Å². The van der Waals surface area contributed by atoms with Gasteiger partial charge in [0.25, 0.3) is 0 Å². The van der Waals surface area contributed by atoms with Crippen LogP contribution in [0.4, 0.5) is 0 Å². The van der Waals surface area contributed by atoms with Crippen molar-refractivity contribution in [1.29, 1.82) is 0 Å². The molecule has 102 valence electrons. The van der Waals surface area contributed by atoms with Gasteiger partial charge in [0.2, 0.25) is 0 Å². The van der Waals surface area contributed by atoms with E-state index in [0.29, 0.717) is 5.56 Å². The zero-order valence-corrected chi connectivity index (χ0v) is 9.80. The van der Waals surface area contributed by atoms with E-state index in [1.165, 1.54) is 0 Å². The molecule has 1 aromatic carbocycles. The summed E-state index contributed by atoms with van der Waals surface area (Å²) in [6, 6.07) is 8.35. The van der Waals surface area contributed by atoms with Crippen LogP contribution in [-0.2, 0) is 16.1 Å². The van der Waals surface area contributed by atoms with E-state index in [0.717, 1.165) is 4.90 Å². The molecule has 2 N–H and O–H groups in total. The Kier molecular flexibility index (Phi) is 4.95. The molecule has 1 aromatic rings. The van der Waals surface area contributed by atoms with Gasteiger partial charge in [-0.1, -0.05) is 30.3 Å². The lowest BCUT2D eigenvalue weighted by molar-refractivity contribution is -0.537. The highest BCUT2D eigenvalue weighted by molar-refractivity contribution is 5.74. The summed E-state index contributed by atoms with van der Waals surface area (Å²) < 4.78 is 0. The van der Waals surface area contributed by atoms with Crippen molar-refractivity contribution in [2.45, 2.75) is 12.7 Å². The maximum atomic E-state index is 10.9. The number of nitro groups is 1. The van der Waals surface area contributed by atoms with Gasteiger partial charge in [-0.05, 0) is 5.56 Å². The highest BCUT2D eigenvalue weighted by Crippen LogP contribution is 2.09. The van der Waals surface area contributed by atoms with Gasteiger partial charge < -0.3 is 10.2 Å². The molecular formula is C11H12N2O6. The van der Waals surface area contributed by atoms with E-state index in [4.69, 9.17) is 10.2 Å². The molecule has 0 heterocycles. The molecule has 0 saturated heterocycles. The summed E-state index contributed by atoms with van der Waals surface area (Å²) in [5.74, 6) is -3.02. The summed E-state index contributed by atoms with van der Waals surface area (Å²) in [6.45, 7) is -0.863. The van der Waals surface area contributed by atoms with E-state index in [-0.39, 0.29) is 6.54 Å². The van der Waals surface area contributed by atoms with Gasteiger partial charge in [-0.2, -0.15) is 0 Å². The van der Waals surface area contributed by atoms with Crippen molar-refractivity contribution in [2.75, 3.05) is 6.54 Å². The van der Waals surface area contributed by atoms with E-state index in [1.807, 2.05) is 0 Å². The summed E-state index contributed by atoms with van der Waals surface area (Å²) in [7, 11) is 0. The summed E-state index contributed by atoms with van der Waals surface area (Å²) in [6.07, 6.45) is -2.09. The van der Waals surface area contributed by atoms with Gasteiger partial charge in [0.05, 0.1) is 4.92 Å². The van der Waals surface area contributed by atoms with Crippen molar-refractivity contribution < 1.29 is 24.7 Å². The quantitative estimate of drug-likeness (QED) is 0.413. The van der Waals surface area contributed by atoms with Gasteiger partial charge in [-0.15, -0.1) is 0 Å². The van der Waals surface area contributed by atoms with Gasteiger partial charge in [-0.25, -0.2) is 9.69 Å². The third kappa shape index (κ3) is 4.36. The molecular weight excluding hydrogens is 256 g/mol. The molecule has 0 aliphatic carbocycles. The van der Waals surface area contributed by atoms with Crippen molar-refractivity contribution >= 4 is 11.9 Å². The molecule has 0 aliphatic heterocycles. The Bertz CT molecular complexity index is 461. The number of rotatable bonds is 7. The summed E-state index contributed by atoms with van der Waals surface area (Å²) in [4.78, 5) is 32.1. The molecule has 1 unspecified atom stereocenters. The number of carboxylic acid groups (broad SMARTS) is 2. The number of nitrogens with zero attached hydrogens (tertiary/aromatic N) is 2. The Morgan fingerprint density at radius 2 is 1.84 bits per heavy atom. The average Bonchev–Trinajstić information content (AvgIpc) is 2.28. The predicted molar refractivity (Wildman–Crippen MR) is 62.9 cm³/mol. The minimum atomic E-state index is -2.09. The van der Waals surface area contributed by atoms with Crippen LogP contribution in [0.2, 0.25) is 0 Å². The van der Waals surface area contributed by atoms with Gasteiger partial charge in [0.15, 0.2) is 0 Å². The van der Waals surface area contributed by atoms with Crippen molar-refractivity contribution in [2.24, 2.45) is 0 Å². The van der Waals surface area contributed by atoms with E-state index in [2.05, 4.69) is 0 Å². The van der Waals surface area contributed by atoms with Gasteiger partial charge >= 0.3 is 18.1 Å². The molecule has 0 fully saturated rings. The lowest BCUT2D eigenvalue weighted by atomic mass is 10.2. The Labute approximate surface area is 108 Å². The highest BCUT2D eigenvalue weighted by atomic mass is 16.6.